The van der Waals surface area contributed by atoms with E-state index in [2.05, 4.69) is 15.3 Å². The predicted molar refractivity (Wildman–Crippen MR) is 88.3 cm³/mol. The van der Waals surface area contributed by atoms with Gasteiger partial charge in [0.15, 0.2) is 5.65 Å². The average Bonchev–Trinajstić information content (AvgIpc) is 3.29. The van der Waals surface area contributed by atoms with Gasteiger partial charge in [0.1, 0.15) is 17.1 Å². The third-order valence-corrected chi connectivity index (χ3v) is 3.66. The van der Waals surface area contributed by atoms with Crippen LogP contribution in [0.3, 0.4) is 0 Å². The van der Waals surface area contributed by atoms with Crippen LogP contribution in [0, 0.1) is 0 Å². The molecular weight excluding hydrogens is 304 g/mol. The molecule has 0 saturated carbocycles. The molecule has 0 aliphatic carbocycles. The third-order valence-electron chi connectivity index (χ3n) is 3.66. The van der Waals surface area contributed by atoms with E-state index in [1.165, 1.54) is 0 Å². The maximum Gasteiger partial charge on any atom is 0.271 e. The third kappa shape index (κ3) is 2.65. The number of rotatable bonds is 4. The highest BCUT2D eigenvalue weighted by molar-refractivity contribution is 5.93. The molecule has 1 N–H and O–H groups in total. The molecule has 3 heterocycles. The lowest BCUT2D eigenvalue weighted by Gasteiger charge is -2.01. The second-order valence-electron chi connectivity index (χ2n) is 5.26. The van der Waals surface area contributed by atoms with Gasteiger partial charge in [0, 0.05) is 24.2 Å². The minimum Gasteiger partial charge on any atom is -0.467 e. The van der Waals surface area contributed by atoms with E-state index >= 15 is 0 Å². The van der Waals surface area contributed by atoms with Gasteiger partial charge in [-0.15, -0.1) is 0 Å². The van der Waals surface area contributed by atoms with E-state index in [0.717, 1.165) is 11.3 Å². The highest BCUT2D eigenvalue weighted by Crippen LogP contribution is 2.21. The number of imidazole rings is 1. The summed E-state index contributed by atoms with van der Waals surface area (Å²) in [6.45, 7) is 0.323. The zero-order chi connectivity index (χ0) is 16.4. The van der Waals surface area contributed by atoms with Crippen molar-refractivity contribution < 1.29 is 9.21 Å². The van der Waals surface area contributed by atoms with Gasteiger partial charge in [-0.2, -0.15) is 0 Å². The lowest BCUT2D eigenvalue weighted by molar-refractivity contribution is 0.0943. The van der Waals surface area contributed by atoms with E-state index in [1.807, 2.05) is 30.3 Å². The van der Waals surface area contributed by atoms with Crippen LogP contribution in [0.1, 0.15) is 16.2 Å². The Hall–Kier alpha value is -3.41. The van der Waals surface area contributed by atoms with Gasteiger partial charge in [0.2, 0.25) is 0 Å². The molecule has 0 radical (unpaired) electrons. The molecule has 6 nitrogen and oxygen atoms in total. The standard InChI is InChI=1S/C18H14N4O2/c23-18(20-11-14-7-4-10-24-14)15-12-22-9-8-19-16(17(22)21-15)13-5-2-1-3-6-13/h1-10,12H,11H2,(H,20,23). The number of carbonyl (C=O) groups is 1. The van der Waals surface area contributed by atoms with Gasteiger partial charge >= 0.3 is 0 Å². The summed E-state index contributed by atoms with van der Waals surface area (Å²) in [5.74, 6) is 0.438. The van der Waals surface area contributed by atoms with E-state index in [4.69, 9.17) is 4.42 Å². The predicted octanol–water partition coefficient (Wildman–Crippen LogP) is 2.92. The van der Waals surface area contributed by atoms with Gasteiger partial charge in [0.25, 0.3) is 5.91 Å². The quantitative estimate of drug-likeness (QED) is 0.628. The van der Waals surface area contributed by atoms with Crippen LogP contribution in [-0.2, 0) is 6.54 Å². The highest BCUT2D eigenvalue weighted by Gasteiger charge is 2.14. The number of furan rings is 1. The monoisotopic (exact) mass is 318 g/mol. The van der Waals surface area contributed by atoms with Gasteiger partial charge in [-0.3, -0.25) is 9.78 Å². The molecule has 0 aliphatic rings. The fraction of sp³-hybridized carbons (Fsp3) is 0.0556. The number of fused-ring (bicyclic) bond motifs is 1. The first-order valence-corrected chi connectivity index (χ1v) is 7.51. The largest absolute Gasteiger partial charge is 0.467 e. The Morgan fingerprint density at radius 1 is 1.17 bits per heavy atom. The summed E-state index contributed by atoms with van der Waals surface area (Å²) in [6, 6.07) is 13.4. The number of hydrogen-bond acceptors (Lipinski definition) is 4. The van der Waals surface area contributed by atoms with Crippen molar-refractivity contribution in [2.24, 2.45) is 0 Å². The SMILES string of the molecule is O=C(NCc1ccco1)c1cn2ccnc(-c3ccccc3)c2n1. The Labute approximate surface area is 137 Å². The molecule has 0 aliphatic heterocycles. The second kappa shape index (κ2) is 6.00. The van der Waals surface area contributed by atoms with E-state index in [9.17, 15) is 4.79 Å². The van der Waals surface area contributed by atoms with Crippen molar-refractivity contribution in [3.63, 3.8) is 0 Å². The minimum absolute atomic E-state index is 0.255. The van der Waals surface area contributed by atoms with Crippen molar-refractivity contribution in [3.05, 3.63) is 78.8 Å². The van der Waals surface area contributed by atoms with E-state index in [1.54, 1.807) is 41.4 Å². The number of hydrogen-bond donors (Lipinski definition) is 1. The molecule has 0 fully saturated rings. The minimum atomic E-state index is -0.255. The molecule has 6 heteroatoms. The molecule has 118 valence electrons. The van der Waals surface area contributed by atoms with Crippen molar-refractivity contribution in [1.29, 1.82) is 0 Å². The molecule has 0 bridgehead atoms. The lowest BCUT2D eigenvalue weighted by Crippen LogP contribution is -2.22. The first-order chi connectivity index (χ1) is 11.8. The summed E-state index contributed by atoms with van der Waals surface area (Å²) in [4.78, 5) is 21.2. The Morgan fingerprint density at radius 3 is 2.83 bits per heavy atom. The lowest BCUT2D eigenvalue weighted by atomic mass is 10.1. The zero-order valence-corrected chi connectivity index (χ0v) is 12.7. The zero-order valence-electron chi connectivity index (χ0n) is 12.7. The molecule has 1 aromatic carbocycles. The topological polar surface area (TPSA) is 72.4 Å². The number of amides is 1. The first-order valence-electron chi connectivity index (χ1n) is 7.51. The van der Waals surface area contributed by atoms with Crippen molar-refractivity contribution >= 4 is 11.6 Å². The number of nitrogens with one attached hydrogen (secondary N) is 1. The van der Waals surface area contributed by atoms with Crippen LogP contribution in [0.5, 0.6) is 0 Å². The maximum atomic E-state index is 12.3. The first kappa shape index (κ1) is 14.2. The highest BCUT2D eigenvalue weighted by atomic mass is 16.3. The normalized spacial score (nSPS) is 10.8. The molecule has 3 aromatic heterocycles. The van der Waals surface area contributed by atoms with Gasteiger partial charge in [-0.25, -0.2) is 4.98 Å². The molecule has 4 aromatic rings. The van der Waals surface area contributed by atoms with E-state index < -0.39 is 0 Å². The van der Waals surface area contributed by atoms with E-state index in [-0.39, 0.29) is 5.91 Å². The van der Waals surface area contributed by atoms with Crippen molar-refractivity contribution in [1.82, 2.24) is 19.7 Å². The van der Waals surface area contributed by atoms with Crippen LogP contribution in [0.2, 0.25) is 0 Å². The Morgan fingerprint density at radius 2 is 2.04 bits per heavy atom. The number of carbonyl (C=O) groups excluding carboxylic acids is 1. The van der Waals surface area contributed by atoms with Crippen LogP contribution in [-0.4, -0.2) is 20.3 Å². The van der Waals surface area contributed by atoms with Gasteiger partial charge < -0.3 is 14.1 Å². The molecule has 4 rings (SSSR count). The maximum absolute atomic E-state index is 12.3. The average molecular weight is 318 g/mol. The van der Waals surface area contributed by atoms with E-state index in [0.29, 0.717) is 23.6 Å². The smallest absolute Gasteiger partial charge is 0.271 e. The van der Waals surface area contributed by atoms with Crippen LogP contribution in [0.4, 0.5) is 0 Å². The summed E-state index contributed by atoms with van der Waals surface area (Å²) in [7, 11) is 0. The van der Waals surface area contributed by atoms with Gasteiger partial charge in [0.05, 0.1) is 12.8 Å². The fourth-order valence-corrected chi connectivity index (χ4v) is 2.50. The molecule has 0 saturated heterocycles. The molecule has 1 amide bonds. The van der Waals surface area contributed by atoms with Crippen LogP contribution in [0.15, 0.2) is 71.7 Å². The van der Waals surface area contributed by atoms with Crippen LogP contribution in [0.25, 0.3) is 16.9 Å². The van der Waals surface area contributed by atoms with Gasteiger partial charge in [-0.05, 0) is 12.1 Å². The van der Waals surface area contributed by atoms with Crippen molar-refractivity contribution in [3.8, 4) is 11.3 Å². The van der Waals surface area contributed by atoms with Crippen LogP contribution < -0.4 is 5.32 Å². The van der Waals surface area contributed by atoms with Crippen molar-refractivity contribution in [2.45, 2.75) is 6.54 Å². The summed E-state index contributed by atoms with van der Waals surface area (Å²) in [5.41, 5.74) is 2.68. The molecule has 0 unspecified atom stereocenters. The number of benzene rings is 1. The van der Waals surface area contributed by atoms with Crippen molar-refractivity contribution in [2.75, 3.05) is 0 Å². The Balaban J connectivity index is 1.64. The van der Waals surface area contributed by atoms with Crippen LogP contribution >= 0.6 is 0 Å². The number of nitrogens with zero attached hydrogens (tertiary/aromatic N) is 3. The molecule has 0 spiro atoms. The molecular formula is C18H14N4O2. The summed E-state index contributed by atoms with van der Waals surface area (Å²) in [5, 5.41) is 2.79. The Bertz CT molecular complexity index is 975. The number of aromatic nitrogens is 3. The van der Waals surface area contributed by atoms with Gasteiger partial charge in [-0.1, -0.05) is 30.3 Å². The summed E-state index contributed by atoms with van der Waals surface area (Å²) < 4.78 is 7.01. The molecule has 24 heavy (non-hydrogen) atoms. The summed E-state index contributed by atoms with van der Waals surface area (Å²) in [6.07, 6.45) is 6.74. The molecule has 0 atom stereocenters. The Kier molecular flexibility index (Phi) is 3.55. The summed E-state index contributed by atoms with van der Waals surface area (Å²) >= 11 is 0. The fourth-order valence-electron chi connectivity index (χ4n) is 2.50. The second-order valence-corrected chi connectivity index (χ2v) is 5.26.